The molecule has 0 saturated carbocycles. The molecule has 2 amide bonds. The molecule has 0 aliphatic heterocycles. The standard InChI is InChI=1S/C15H24N2O3/c1-4-12(18)8-9-16-15(19)17-14-7-6-13(20-5-2)10-11(14)3/h6-7,10,12,18H,4-5,8-9H2,1-3H3,(H2,16,17,19). The summed E-state index contributed by atoms with van der Waals surface area (Å²) in [5.74, 6) is 0.794. The van der Waals surface area contributed by atoms with E-state index in [0.717, 1.165) is 17.0 Å². The van der Waals surface area contributed by atoms with E-state index >= 15 is 0 Å². The molecule has 0 saturated heterocycles. The quantitative estimate of drug-likeness (QED) is 0.719. The maximum absolute atomic E-state index is 11.7. The second-order valence-corrected chi connectivity index (χ2v) is 4.64. The number of urea groups is 1. The average Bonchev–Trinajstić information content (AvgIpc) is 2.42. The molecule has 1 unspecified atom stereocenters. The Morgan fingerprint density at radius 1 is 1.40 bits per heavy atom. The van der Waals surface area contributed by atoms with E-state index in [-0.39, 0.29) is 12.1 Å². The highest BCUT2D eigenvalue weighted by Gasteiger charge is 2.06. The van der Waals surface area contributed by atoms with Gasteiger partial charge < -0.3 is 20.5 Å². The summed E-state index contributed by atoms with van der Waals surface area (Å²) in [5.41, 5.74) is 1.70. The number of amides is 2. The lowest BCUT2D eigenvalue weighted by Crippen LogP contribution is -2.31. The Morgan fingerprint density at radius 3 is 2.75 bits per heavy atom. The average molecular weight is 280 g/mol. The van der Waals surface area contributed by atoms with Gasteiger partial charge in [0.15, 0.2) is 0 Å². The Balaban J connectivity index is 2.45. The van der Waals surface area contributed by atoms with Crippen molar-refractivity contribution >= 4 is 11.7 Å². The van der Waals surface area contributed by atoms with Crippen LogP contribution in [0.15, 0.2) is 18.2 Å². The molecule has 5 heteroatoms. The van der Waals surface area contributed by atoms with Gasteiger partial charge in [-0.1, -0.05) is 6.92 Å². The molecule has 0 spiro atoms. The molecule has 1 aromatic carbocycles. The topological polar surface area (TPSA) is 70.6 Å². The first-order valence-corrected chi connectivity index (χ1v) is 7.03. The van der Waals surface area contributed by atoms with E-state index in [1.165, 1.54) is 0 Å². The molecule has 20 heavy (non-hydrogen) atoms. The number of carbonyl (C=O) groups is 1. The fraction of sp³-hybridized carbons (Fsp3) is 0.533. The SMILES string of the molecule is CCOc1ccc(NC(=O)NCCC(O)CC)c(C)c1. The van der Waals surface area contributed by atoms with Gasteiger partial charge in [-0.15, -0.1) is 0 Å². The van der Waals surface area contributed by atoms with Gasteiger partial charge in [0.2, 0.25) is 0 Å². The second kappa shape index (κ2) is 8.43. The summed E-state index contributed by atoms with van der Waals surface area (Å²) in [6.07, 6.45) is 0.899. The Morgan fingerprint density at radius 2 is 2.15 bits per heavy atom. The number of hydrogen-bond donors (Lipinski definition) is 3. The minimum Gasteiger partial charge on any atom is -0.494 e. The summed E-state index contributed by atoms with van der Waals surface area (Å²) < 4.78 is 5.39. The molecule has 3 N–H and O–H groups in total. The Labute approximate surface area is 120 Å². The second-order valence-electron chi connectivity index (χ2n) is 4.64. The van der Waals surface area contributed by atoms with Gasteiger partial charge in [-0.3, -0.25) is 0 Å². The van der Waals surface area contributed by atoms with Crippen molar-refractivity contribution in [2.75, 3.05) is 18.5 Å². The minimum atomic E-state index is -0.359. The number of aliphatic hydroxyl groups is 1. The van der Waals surface area contributed by atoms with Crippen LogP contribution in [0.1, 0.15) is 32.3 Å². The van der Waals surface area contributed by atoms with Crippen molar-refractivity contribution < 1.29 is 14.6 Å². The molecular weight excluding hydrogens is 256 g/mol. The van der Waals surface area contributed by atoms with Gasteiger partial charge in [0.05, 0.1) is 12.7 Å². The first-order chi connectivity index (χ1) is 9.56. The van der Waals surface area contributed by atoms with Crippen LogP contribution in [0.2, 0.25) is 0 Å². The highest BCUT2D eigenvalue weighted by molar-refractivity contribution is 5.90. The third-order valence-electron chi connectivity index (χ3n) is 2.99. The summed E-state index contributed by atoms with van der Waals surface area (Å²) in [5, 5.41) is 14.9. The highest BCUT2D eigenvalue weighted by Crippen LogP contribution is 2.21. The molecule has 0 aromatic heterocycles. The maximum atomic E-state index is 11.7. The zero-order valence-electron chi connectivity index (χ0n) is 12.4. The predicted molar refractivity (Wildman–Crippen MR) is 80.3 cm³/mol. The fourth-order valence-corrected chi connectivity index (χ4v) is 1.76. The van der Waals surface area contributed by atoms with Crippen LogP contribution < -0.4 is 15.4 Å². The molecule has 0 fully saturated rings. The number of benzene rings is 1. The first-order valence-electron chi connectivity index (χ1n) is 7.03. The summed E-state index contributed by atoms with van der Waals surface area (Å²) in [7, 11) is 0. The lowest BCUT2D eigenvalue weighted by Gasteiger charge is -2.12. The summed E-state index contributed by atoms with van der Waals surface area (Å²) >= 11 is 0. The lowest BCUT2D eigenvalue weighted by atomic mass is 10.2. The van der Waals surface area contributed by atoms with Crippen molar-refractivity contribution in [3.05, 3.63) is 23.8 Å². The van der Waals surface area contributed by atoms with Gasteiger partial charge in [0.25, 0.3) is 0 Å². The number of aliphatic hydroxyl groups excluding tert-OH is 1. The molecule has 1 rings (SSSR count). The van der Waals surface area contributed by atoms with Crippen LogP contribution in [-0.2, 0) is 0 Å². The van der Waals surface area contributed by atoms with E-state index in [4.69, 9.17) is 4.74 Å². The number of aryl methyl sites for hydroxylation is 1. The van der Waals surface area contributed by atoms with Crippen molar-refractivity contribution in [2.24, 2.45) is 0 Å². The predicted octanol–water partition coefficient (Wildman–Crippen LogP) is 2.68. The van der Waals surface area contributed by atoms with E-state index in [2.05, 4.69) is 10.6 Å². The van der Waals surface area contributed by atoms with Crippen LogP contribution in [0.4, 0.5) is 10.5 Å². The van der Waals surface area contributed by atoms with Gasteiger partial charge in [-0.25, -0.2) is 4.79 Å². The van der Waals surface area contributed by atoms with Crippen LogP contribution in [0, 0.1) is 6.92 Å². The number of carbonyl (C=O) groups excluding carboxylic acids is 1. The van der Waals surface area contributed by atoms with E-state index < -0.39 is 0 Å². The fourth-order valence-electron chi connectivity index (χ4n) is 1.76. The van der Waals surface area contributed by atoms with Crippen LogP contribution >= 0.6 is 0 Å². The number of anilines is 1. The molecule has 1 atom stereocenters. The molecule has 0 heterocycles. The number of rotatable bonds is 7. The van der Waals surface area contributed by atoms with Crippen LogP contribution in [-0.4, -0.2) is 30.4 Å². The molecule has 0 radical (unpaired) electrons. The summed E-state index contributed by atoms with van der Waals surface area (Å²) in [4.78, 5) is 11.7. The van der Waals surface area contributed by atoms with Gasteiger partial charge in [0, 0.05) is 12.2 Å². The third-order valence-corrected chi connectivity index (χ3v) is 2.99. The zero-order chi connectivity index (χ0) is 15.0. The van der Waals surface area contributed by atoms with Crippen molar-refractivity contribution in [1.82, 2.24) is 5.32 Å². The van der Waals surface area contributed by atoms with Crippen LogP contribution in [0.5, 0.6) is 5.75 Å². The van der Waals surface area contributed by atoms with Crippen LogP contribution in [0.25, 0.3) is 0 Å². The summed E-state index contributed by atoms with van der Waals surface area (Å²) in [6, 6.07) is 5.27. The van der Waals surface area contributed by atoms with Crippen LogP contribution in [0.3, 0.4) is 0 Å². The van der Waals surface area contributed by atoms with E-state index in [1.54, 1.807) is 0 Å². The monoisotopic (exact) mass is 280 g/mol. The number of hydrogen-bond acceptors (Lipinski definition) is 3. The molecule has 0 aliphatic rings. The largest absolute Gasteiger partial charge is 0.494 e. The lowest BCUT2D eigenvalue weighted by molar-refractivity contribution is 0.160. The normalized spacial score (nSPS) is 11.8. The molecule has 5 nitrogen and oxygen atoms in total. The van der Waals surface area contributed by atoms with Gasteiger partial charge >= 0.3 is 6.03 Å². The van der Waals surface area contributed by atoms with Crippen molar-refractivity contribution in [3.8, 4) is 5.75 Å². The van der Waals surface area contributed by atoms with Gasteiger partial charge in [-0.2, -0.15) is 0 Å². The molecule has 0 bridgehead atoms. The molecule has 0 aliphatic carbocycles. The smallest absolute Gasteiger partial charge is 0.319 e. The van der Waals surface area contributed by atoms with Crippen molar-refractivity contribution in [3.63, 3.8) is 0 Å². The molecular formula is C15H24N2O3. The Kier molecular flexibility index (Phi) is 6.87. The highest BCUT2D eigenvalue weighted by atomic mass is 16.5. The van der Waals surface area contributed by atoms with E-state index in [0.29, 0.717) is 26.0 Å². The van der Waals surface area contributed by atoms with E-state index in [1.807, 2.05) is 39.0 Å². The maximum Gasteiger partial charge on any atom is 0.319 e. The molecule has 112 valence electrons. The minimum absolute atomic E-state index is 0.263. The van der Waals surface area contributed by atoms with Gasteiger partial charge in [-0.05, 0) is 50.5 Å². The number of ether oxygens (including phenoxy) is 1. The summed E-state index contributed by atoms with van der Waals surface area (Å²) in [6.45, 7) is 6.83. The first kappa shape index (κ1) is 16.3. The van der Waals surface area contributed by atoms with Gasteiger partial charge in [0.1, 0.15) is 5.75 Å². The molecule has 1 aromatic rings. The zero-order valence-corrected chi connectivity index (χ0v) is 12.4. The van der Waals surface area contributed by atoms with Crippen molar-refractivity contribution in [1.29, 1.82) is 0 Å². The Bertz CT molecular complexity index is 435. The number of nitrogens with one attached hydrogen (secondary N) is 2. The van der Waals surface area contributed by atoms with Crippen molar-refractivity contribution in [2.45, 2.75) is 39.7 Å². The Hall–Kier alpha value is -1.75. The van der Waals surface area contributed by atoms with E-state index in [9.17, 15) is 9.90 Å². The third kappa shape index (κ3) is 5.48.